The number of fused-ring (bicyclic) bond motifs is 1. The molecule has 0 radical (unpaired) electrons. The van der Waals surface area contributed by atoms with Gasteiger partial charge in [0.25, 0.3) is 5.91 Å². The number of phenols is 1. The van der Waals surface area contributed by atoms with E-state index in [0.717, 1.165) is 12.0 Å². The molecule has 1 aliphatic rings. The molecule has 2 N–H and O–H groups in total. The molecule has 0 saturated carbocycles. The number of nitrogens with one attached hydrogen (secondary N) is 1. The molecule has 3 aromatic rings. The molecule has 2 heterocycles. The molecule has 0 bridgehead atoms. The Morgan fingerprint density at radius 1 is 1.09 bits per heavy atom. The van der Waals surface area contributed by atoms with Crippen LogP contribution in [-0.2, 0) is 0 Å². The number of halogens is 1. The number of hydrogen-bond acceptors (Lipinski definition) is 5. The number of hydrogen-bond donors (Lipinski definition) is 2. The quantitative estimate of drug-likeness (QED) is 0.488. The first-order valence-electron chi connectivity index (χ1n) is 10.8. The smallest absolute Gasteiger partial charge is 0.273 e. The van der Waals surface area contributed by atoms with E-state index >= 15 is 0 Å². The zero-order chi connectivity index (χ0) is 22.8. The van der Waals surface area contributed by atoms with Crippen LogP contribution >= 0.6 is 11.6 Å². The molecule has 0 saturated heterocycles. The predicted molar refractivity (Wildman–Crippen MR) is 123 cm³/mol. The van der Waals surface area contributed by atoms with E-state index in [2.05, 4.69) is 10.2 Å². The second-order valence-electron chi connectivity index (χ2n) is 7.50. The zero-order valence-corrected chi connectivity index (χ0v) is 19.1. The number of carbonyl (C=O) groups excluding carboxylic acids is 1. The van der Waals surface area contributed by atoms with Gasteiger partial charge in [0.05, 0.1) is 19.3 Å². The van der Waals surface area contributed by atoms with Crippen molar-refractivity contribution in [3.63, 3.8) is 0 Å². The summed E-state index contributed by atoms with van der Waals surface area (Å²) >= 11 is 6.19. The second kappa shape index (κ2) is 9.12. The molecular formula is C24H26ClN3O4. The average molecular weight is 456 g/mol. The van der Waals surface area contributed by atoms with Crippen molar-refractivity contribution in [3.05, 3.63) is 58.2 Å². The normalized spacial score (nSPS) is 15.2. The predicted octanol–water partition coefficient (Wildman–Crippen LogP) is 5.19. The average Bonchev–Trinajstić information content (AvgIpc) is 3.31. The molecule has 1 amide bonds. The molecule has 168 valence electrons. The Hall–Kier alpha value is -3.19. The van der Waals surface area contributed by atoms with Gasteiger partial charge in [-0.15, -0.1) is 0 Å². The van der Waals surface area contributed by atoms with E-state index in [1.54, 1.807) is 12.1 Å². The van der Waals surface area contributed by atoms with Gasteiger partial charge >= 0.3 is 0 Å². The summed E-state index contributed by atoms with van der Waals surface area (Å²) in [6, 6.07) is 10.1. The number of amides is 1. The first-order chi connectivity index (χ1) is 15.5. The first kappa shape index (κ1) is 22.0. The molecule has 0 spiro atoms. The lowest BCUT2D eigenvalue weighted by Gasteiger charge is -2.26. The highest BCUT2D eigenvalue weighted by Crippen LogP contribution is 2.46. The van der Waals surface area contributed by atoms with Crippen molar-refractivity contribution in [3.8, 4) is 28.5 Å². The number of phenolic OH excluding ortho intramolecular Hbond substituents is 1. The Labute approximate surface area is 191 Å². The van der Waals surface area contributed by atoms with E-state index in [0.29, 0.717) is 58.8 Å². The van der Waals surface area contributed by atoms with Crippen LogP contribution in [0.2, 0.25) is 5.02 Å². The number of rotatable bonds is 8. The van der Waals surface area contributed by atoms with E-state index in [-0.39, 0.29) is 17.7 Å². The molecule has 1 aromatic heterocycles. The molecule has 0 fully saturated rings. The highest BCUT2D eigenvalue weighted by atomic mass is 35.5. The molecule has 4 rings (SSSR count). The number of nitrogens with zero attached hydrogens (tertiary/aromatic N) is 2. The molecule has 1 unspecified atom stereocenters. The number of aromatic nitrogens is 2. The van der Waals surface area contributed by atoms with Crippen molar-refractivity contribution < 1.29 is 19.4 Å². The Kier molecular flexibility index (Phi) is 6.28. The van der Waals surface area contributed by atoms with Crippen molar-refractivity contribution in [2.45, 2.75) is 33.2 Å². The number of ether oxygens (including phenoxy) is 2. The van der Waals surface area contributed by atoms with Gasteiger partial charge < -0.3 is 19.5 Å². The zero-order valence-electron chi connectivity index (χ0n) is 18.3. The summed E-state index contributed by atoms with van der Waals surface area (Å²) in [5.41, 5.74) is 2.99. The summed E-state index contributed by atoms with van der Waals surface area (Å²) in [6.45, 7) is 7.45. The number of H-pyrrole nitrogens is 1. The minimum absolute atomic E-state index is 0.0468. The van der Waals surface area contributed by atoms with Gasteiger partial charge in [-0.1, -0.05) is 24.6 Å². The summed E-state index contributed by atoms with van der Waals surface area (Å²) in [5, 5.41) is 18.2. The van der Waals surface area contributed by atoms with Gasteiger partial charge in [0.1, 0.15) is 17.1 Å². The van der Waals surface area contributed by atoms with Gasteiger partial charge in [0.15, 0.2) is 11.5 Å². The maximum atomic E-state index is 13.3. The Morgan fingerprint density at radius 2 is 1.84 bits per heavy atom. The van der Waals surface area contributed by atoms with E-state index in [9.17, 15) is 9.90 Å². The van der Waals surface area contributed by atoms with Crippen LogP contribution < -0.4 is 9.47 Å². The van der Waals surface area contributed by atoms with E-state index in [4.69, 9.17) is 21.1 Å². The second-order valence-corrected chi connectivity index (χ2v) is 7.93. The fourth-order valence-electron chi connectivity index (χ4n) is 4.16. The maximum absolute atomic E-state index is 13.3. The topological polar surface area (TPSA) is 87.7 Å². The summed E-state index contributed by atoms with van der Waals surface area (Å²) in [7, 11) is 0. The molecule has 1 aliphatic heterocycles. The van der Waals surface area contributed by atoms with Crippen molar-refractivity contribution in [1.29, 1.82) is 0 Å². The van der Waals surface area contributed by atoms with E-state index in [1.165, 1.54) is 6.07 Å². The van der Waals surface area contributed by atoms with E-state index < -0.39 is 0 Å². The molecule has 2 aromatic carbocycles. The van der Waals surface area contributed by atoms with Gasteiger partial charge in [0.2, 0.25) is 0 Å². The van der Waals surface area contributed by atoms with Crippen LogP contribution in [0.3, 0.4) is 0 Å². The highest BCUT2D eigenvalue weighted by Gasteiger charge is 2.42. The molecule has 32 heavy (non-hydrogen) atoms. The van der Waals surface area contributed by atoms with Crippen LogP contribution in [0.1, 0.15) is 54.8 Å². The minimum Gasteiger partial charge on any atom is -0.507 e. The third-order valence-corrected chi connectivity index (χ3v) is 5.66. The first-order valence-corrected chi connectivity index (χ1v) is 11.2. The van der Waals surface area contributed by atoms with Gasteiger partial charge in [0, 0.05) is 22.7 Å². The fraction of sp³-hybridized carbons (Fsp3) is 0.333. The minimum atomic E-state index is -0.389. The molecule has 0 aliphatic carbocycles. The lowest BCUT2D eigenvalue weighted by Crippen LogP contribution is -2.30. The molecule has 1 atom stereocenters. The van der Waals surface area contributed by atoms with Crippen molar-refractivity contribution >= 4 is 17.5 Å². The Morgan fingerprint density at radius 3 is 2.56 bits per heavy atom. The largest absolute Gasteiger partial charge is 0.507 e. The van der Waals surface area contributed by atoms with Gasteiger partial charge in [-0.3, -0.25) is 9.89 Å². The van der Waals surface area contributed by atoms with Crippen LogP contribution in [0.15, 0.2) is 36.4 Å². The number of benzene rings is 2. The van der Waals surface area contributed by atoms with Crippen LogP contribution in [0.25, 0.3) is 11.3 Å². The molecular weight excluding hydrogens is 430 g/mol. The Bertz CT molecular complexity index is 1140. The lowest BCUT2D eigenvalue weighted by molar-refractivity contribution is 0.0743. The molecule has 7 nitrogen and oxygen atoms in total. The number of aromatic hydroxyl groups is 1. The summed E-state index contributed by atoms with van der Waals surface area (Å²) in [5.74, 6) is 1.20. The van der Waals surface area contributed by atoms with Crippen molar-refractivity contribution in [2.24, 2.45) is 0 Å². The van der Waals surface area contributed by atoms with Crippen LogP contribution in [0, 0.1) is 0 Å². The fourth-order valence-corrected chi connectivity index (χ4v) is 4.33. The third kappa shape index (κ3) is 3.77. The maximum Gasteiger partial charge on any atom is 0.273 e. The summed E-state index contributed by atoms with van der Waals surface area (Å²) in [6.07, 6.45) is 0.799. The standard InChI is InChI=1S/C24H26ClN3O4/c1-4-11-28-23(14-7-10-18(31-5-2)19(12-14)32-6-3)20-21(26-27-22(20)24(28)30)16-13-15(25)8-9-17(16)29/h7-10,12-13,23,29H,4-6,11H2,1-3H3,(H,26,27). The monoisotopic (exact) mass is 455 g/mol. The van der Waals surface area contributed by atoms with Crippen molar-refractivity contribution in [2.75, 3.05) is 19.8 Å². The van der Waals surface area contributed by atoms with Crippen LogP contribution in [-0.4, -0.2) is 45.9 Å². The van der Waals surface area contributed by atoms with Crippen LogP contribution in [0.4, 0.5) is 0 Å². The van der Waals surface area contributed by atoms with E-state index in [1.807, 2.05) is 43.9 Å². The number of aromatic amines is 1. The van der Waals surface area contributed by atoms with Crippen molar-refractivity contribution in [1.82, 2.24) is 15.1 Å². The third-order valence-electron chi connectivity index (χ3n) is 5.43. The summed E-state index contributed by atoms with van der Waals surface area (Å²) < 4.78 is 11.5. The van der Waals surface area contributed by atoms with Gasteiger partial charge in [-0.2, -0.15) is 5.10 Å². The summed E-state index contributed by atoms with van der Waals surface area (Å²) in [4.78, 5) is 15.1. The Balaban J connectivity index is 1.89. The van der Waals surface area contributed by atoms with Gasteiger partial charge in [-0.05, 0) is 56.2 Å². The highest BCUT2D eigenvalue weighted by molar-refractivity contribution is 6.31. The number of carbonyl (C=O) groups is 1. The lowest BCUT2D eigenvalue weighted by atomic mass is 9.95. The SMILES string of the molecule is CCCN1C(=O)c2[nH]nc(-c3cc(Cl)ccc3O)c2C1c1ccc(OCC)c(OCC)c1. The van der Waals surface area contributed by atoms with Gasteiger partial charge in [-0.25, -0.2) is 0 Å². The van der Waals surface area contributed by atoms with Crippen LogP contribution in [0.5, 0.6) is 17.2 Å². The molecule has 8 heteroatoms.